The number of fused-ring (bicyclic) bond motifs is 1. The number of hydrogen-bond acceptors (Lipinski definition) is 3. The van der Waals surface area contributed by atoms with Gasteiger partial charge < -0.3 is 5.11 Å². The third-order valence-electron chi connectivity index (χ3n) is 5.60. The van der Waals surface area contributed by atoms with Gasteiger partial charge in [0.25, 0.3) is 0 Å². The summed E-state index contributed by atoms with van der Waals surface area (Å²) in [5, 5.41) is 9.27. The number of hydrogen-bond donors (Lipinski definition) is 1. The number of carbonyl (C=O) groups is 1. The van der Waals surface area contributed by atoms with Gasteiger partial charge in [0, 0.05) is 13.1 Å². The van der Waals surface area contributed by atoms with Crippen LogP contribution >= 0.6 is 0 Å². The molecule has 2 saturated carbocycles. The van der Waals surface area contributed by atoms with Gasteiger partial charge >= 0.3 is 5.97 Å². The average Bonchev–Trinajstić information content (AvgIpc) is 2.97. The second-order valence-electron chi connectivity index (χ2n) is 6.65. The fourth-order valence-electron chi connectivity index (χ4n) is 4.36. The number of sulfonamides is 1. The molecule has 1 aliphatic heterocycles. The number of aliphatic carboxylic acids is 1. The molecule has 3 rings (SSSR count). The fourth-order valence-corrected chi connectivity index (χ4v) is 6.51. The summed E-state index contributed by atoms with van der Waals surface area (Å²) in [7, 11) is -3.31. The molecule has 114 valence electrons. The van der Waals surface area contributed by atoms with E-state index in [0.29, 0.717) is 13.0 Å². The predicted octanol–water partition coefficient (Wildman–Crippen LogP) is 1.84. The van der Waals surface area contributed by atoms with Gasteiger partial charge in [0.1, 0.15) is 0 Å². The van der Waals surface area contributed by atoms with Crippen LogP contribution in [0, 0.1) is 11.3 Å². The molecule has 0 amide bonds. The van der Waals surface area contributed by atoms with Gasteiger partial charge in [-0.05, 0) is 31.6 Å². The first-order valence-corrected chi connectivity index (χ1v) is 9.19. The minimum atomic E-state index is -3.31. The lowest BCUT2D eigenvalue weighted by atomic mass is 9.81. The van der Waals surface area contributed by atoms with E-state index in [1.807, 2.05) is 0 Å². The van der Waals surface area contributed by atoms with Crippen LogP contribution in [0.2, 0.25) is 0 Å². The Morgan fingerprint density at radius 3 is 2.40 bits per heavy atom. The number of carboxylic acids is 1. The maximum Gasteiger partial charge on any atom is 0.311 e. The molecule has 0 aromatic carbocycles. The van der Waals surface area contributed by atoms with Gasteiger partial charge in [-0.3, -0.25) is 4.79 Å². The van der Waals surface area contributed by atoms with E-state index < -0.39 is 21.4 Å². The topological polar surface area (TPSA) is 74.7 Å². The van der Waals surface area contributed by atoms with Gasteiger partial charge in [0.05, 0.1) is 10.7 Å². The largest absolute Gasteiger partial charge is 0.481 e. The zero-order chi connectivity index (χ0) is 14.4. The van der Waals surface area contributed by atoms with Gasteiger partial charge in [0.15, 0.2) is 0 Å². The first-order chi connectivity index (χ1) is 9.47. The van der Waals surface area contributed by atoms with Crippen molar-refractivity contribution in [3.63, 3.8) is 0 Å². The Kier molecular flexibility index (Phi) is 3.57. The molecule has 1 N–H and O–H groups in total. The van der Waals surface area contributed by atoms with E-state index in [1.165, 1.54) is 4.31 Å². The zero-order valence-corrected chi connectivity index (χ0v) is 12.6. The lowest BCUT2D eigenvalue weighted by molar-refractivity contribution is -0.149. The second-order valence-corrected chi connectivity index (χ2v) is 8.86. The molecule has 20 heavy (non-hydrogen) atoms. The van der Waals surface area contributed by atoms with Crippen molar-refractivity contribution in [3.05, 3.63) is 0 Å². The van der Waals surface area contributed by atoms with Crippen molar-refractivity contribution in [1.82, 2.24) is 4.31 Å². The monoisotopic (exact) mass is 301 g/mol. The Morgan fingerprint density at radius 1 is 1.10 bits per heavy atom. The summed E-state index contributed by atoms with van der Waals surface area (Å²) < 4.78 is 26.9. The number of nitrogens with zero attached hydrogens (tertiary/aromatic N) is 1. The second kappa shape index (κ2) is 4.98. The summed E-state index contributed by atoms with van der Waals surface area (Å²) >= 11 is 0. The van der Waals surface area contributed by atoms with E-state index in [0.717, 1.165) is 44.9 Å². The van der Waals surface area contributed by atoms with Crippen molar-refractivity contribution in [1.29, 1.82) is 0 Å². The molecular weight excluding hydrogens is 278 g/mol. The van der Waals surface area contributed by atoms with E-state index in [-0.39, 0.29) is 17.7 Å². The Bertz CT molecular complexity index is 497. The normalized spacial score (nSPS) is 36.1. The standard InChI is InChI=1S/C14H23NO4S/c16-13(17)14-8-4-5-11(14)9-15(10-14)20(18,19)12-6-2-1-3-7-12/h11-12H,1-10H2,(H,16,17)/t11-,14+/m0/s1. The van der Waals surface area contributed by atoms with E-state index in [4.69, 9.17) is 0 Å². The number of rotatable bonds is 3. The highest BCUT2D eigenvalue weighted by Gasteiger charge is 2.57. The molecule has 0 unspecified atom stereocenters. The quantitative estimate of drug-likeness (QED) is 0.863. The van der Waals surface area contributed by atoms with Gasteiger partial charge in [-0.25, -0.2) is 12.7 Å². The highest BCUT2D eigenvalue weighted by molar-refractivity contribution is 7.89. The summed E-state index contributed by atoms with van der Waals surface area (Å²) in [5.41, 5.74) is -0.804. The van der Waals surface area contributed by atoms with Gasteiger partial charge in [0.2, 0.25) is 10.0 Å². The minimum absolute atomic E-state index is 0.0124. The molecule has 3 aliphatic rings. The number of carboxylic acid groups (broad SMARTS) is 1. The van der Waals surface area contributed by atoms with Gasteiger partial charge in [-0.15, -0.1) is 0 Å². The SMILES string of the molecule is O=C(O)[C@@]12CCC[C@H]1CN(S(=O)(=O)C1CCCCC1)C2. The fraction of sp³-hybridized carbons (Fsp3) is 0.929. The smallest absolute Gasteiger partial charge is 0.311 e. The minimum Gasteiger partial charge on any atom is -0.481 e. The van der Waals surface area contributed by atoms with Gasteiger partial charge in [-0.1, -0.05) is 25.7 Å². The van der Waals surface area contributed by atoms with Crippen LogP contribution < -0.4 is 0 Å². The molecule has 1 heterocycles. The van der Waals surface area contributed by atoms with E-state index in [1.54, 1.807) is 0 Å². The third-order valence-corrected chi connectivity index (χ3v) is 7.91. The molecule has 0 aromatic rings. The van der Waals surface area contributed by atoms with Crippen molar-refractivity contribution in [2.75, 3.05) is 13.1 Å². The van der Waals surface area contributed by atoms with Crippen molar-refractivity contribution < 1.29 is 18.3 Å². The van der Waals surface area contributed by atoms with Crippen LogP contribution in [0.1, 0.15) is 51.4 Å². The Morgan fingerprint density at radius 2 is 1.80 bits per heavy atom. The van der Waals surface area contributed by atoms with Crippen LogP contribution in [0.4, 0.5) is 0 Å². The molecule has 0 spiro atoms. The molecule has 0 bridgehead atoms. The van der Waals surface area contributed by atoms with Crippen molar-refractivity contribution in [3.8, 4) is 0 Å². The van der Waals surface area contributed by atoms with Crippen LogP contribution in [0.5, 0.6) is 0 Å². The molecular formula is C14H23NO4S. The Labute approximate surface area is 120 Å². The Balaban J connectivity index is 1.81. The summed E-state index contributed by atoms with van der Waals surface area (Å²) in [6.45, 7) is 0.622. The highest BCUT2D eigenvalue weighted by Crippen LogP contribution is 2.50. The molecule has 6 heteroatoms. The Hall–Kier alpha value is -0.620. The third kappa shape index (κ3) is 2.08. The van der Waals surface area contributed by atoms with Crippen molar-refractivity contribution >= 4 is 16.0 Å². The van der Waals surface area contributed by atoms with Crippen LogP contribution in [-0.2, 0) is 14.8 Å². The summed E-state index contributed by atoms with van der Waals surface area (Å²) in [6, 6.07) is 0. The van der Waals surface area contributed by atoms with Crippen molar-refractivity contribution in [2.24, 2.45) is 11.3 Å². The molecule has 3 fully saturated rings. The van der Waals surface area contributed by atoms with Crippen molar-refractivity contribution in [2.45, 2.75) is 56.6 Å². The molecule has 0 aromatic heterocycles. The maximum atomic E-state index is 12.7. The zero-order valence-electron chi connectivity index (χ0n) is 11.8. The summed E-state index contributed by atoms with van der Waals surface area (Å²) in [6.07, 6.45) is 6.94. The first-order valence-electron chi connectivity index (χ1n) is 7.69. The average molecular weight is 301 g/mol. The maximum absolute atomic E-state index is 12.7. The van der Waals surface area contributed by atoms with Gasteiger partial charge in [-0.2, -0.15) is 0 Å². The first kappa shape index (κ1) is 14.3. The lowest BCUT2D eigenvalue weighted by Crippen LogP contribution is -2.41. The molecule has 1 saturated heterocycles. The molecule has 2 atom stereocenters. The lowest BCUT2D eigenvalue weighted by Gasteiger charge is -2.28. The van der Waals surface area contributed by atoms with E-state index >= 15 is 0 Å². The van der Waals surface area contributed by atoms with Crippen LogP contribution in [0.25, 0.3) is 0 Å². The summed E-state index contributed by atoms with van der Waals surface area (Å²) in [5.74, 6) is -0.792. The summed E-state index contributed by atoms with van der Waals surface area (Å²) in [4.78, 5) is 11.6. The highest BCUT2D eigenvalue weighted by atomic mass is 32.2. The molecule has 2 aliphatic carbocycles. The van der Waals surface area contributed by atoms with Crippen LogP contribution in [0.15, 0.2) is 0 Å². The molecule has 5 nitrogen and oxygen atoms in total. The van der Waals surface area contributed by atoms with E-state index in [2.05, 4.69) is 0 Å². The van der Waals surface area contributed by atoms with Crippen LogP contribution in [-0.4, -0.2) is 42.1 Å². The molecule has 0 radical (unpaired) electrons. The van der Waals surface area contributed by atoms with E-state index in [9.17, 15) is 18.3 Å². The van der Waals surface area contributed by atoms with Crippen LogP contribution in [0.3, 0.4) is 0 Å². The predicted molar refractivity (Wildman–Crippen MR) is 74.8 cm³/mol.